The fraction of sp³-hybridized carbons (Fsp3) is 0.524. The van der Waals surface area contributed by atoms with E-state index in [0.29, 0.717) is 56.7 Å². The van der Waals surface area contributed by atoms with Crippen molar-refractivity contribution in [3.05, 3.63) is 97.1 Å². The number of benzene rings is 2. The summed E-state index contributed by atoms with van der Waals surface area (Å²) in [7, 11) is 1.50. The van der Waals surface area contributed by atoms with E-state index in [1.54, 1.807) is 17.1 Å². The Bertz CT molecular complexity index is 1650. The van der Waals surface area contributed by atoms with Crippen molar-refractivity contribution in [2.24, 2.45) is 11.8 Å². The summed E-state index contributed by atoms with van der Waals surface area (Å²) in [6, 6.07) is 15.5. The first-order valence-electron chi connectivity index (χ1n) is 19.3. The maximum atomic E-state index is 15.0. The van der Waals surface area contributed by atoms with E-state index in [9.17, 15) is 14.7 Å². The SMILES string of the molecule is C=CCCC(=O)N[C@H](COC)[C@H](OC(=O)[C@@H]1[C@H]2C(=O)N([C@H](CO)c3ccccc3)[C@H](C(=O)N(CC=C)CCN3CCOCC3)[C@]23CC[C@H]1O3)c1ccccc1. The lowest BCUT2D eigenvalue weighted by Crippen LogP contribution is -2.58. The molecule has 4 aliphatic heterocycles. The third-order valence-electron chi connectivity index (χ3n) is 11.4. The van der Waals surface area contributed by atoms with Crippen molar-refractivity contribution in [2.45, 2.75) is 61.6 Å². The van der Waals surface area contributed by atoms with Crippen molar-refractivity contribution in [1.29, 1.82) is 0 Å². The zero-order valence-corrected chi connectivity index (χ0v) is 31.6. The summed E-state index contributed by atoms with van der Waals surface area (Å²) in [5.41, 5.74) is -0.0441. The second kappa shape index (κ2) is 18.5. The number of ether oxygens (including phenoxy) is 4. The number of aliphatic hydroxyl groups excluding tert-OH is 1. The number of aliphatic hydroxyl groups is 1. The van der Waals surface area contributed by atoms with Gasteiger partial charge in [-0.15, -0.1) is 13.2 Å². The number of carbonyl (C=O) groups excluding carboxylic acids is 4. The van der Waals surface area contributed by atoms with Crippen LogP contribution in [-0.2, 0) is 38.1 Å². The van der Waals surface area contributed by atoms with Crippen molar-refractivity contribution in [2.75, 3.05) is 66.3 Å². The number of allylic oxidation sites excluding steroid dienone is 1. The predicted molar refractivity (Wildman–Crippen MR) is 203 cm³/mol. The molecule has 2 bridgehead atoms. The van der Waals surface area contributed by atoms with Crippen LogP contribution in [0.2, 0.25) is 0 Å². The van der Waals surface area contributed by atoms with Crippen LogP contribution in [0.5, 0.6) is 0 Å². The van der Waals surface area contributed by atoms with E-state index in [1.165, 1.54) is 12.0 Å². The number of methoxy groups -OCH3 is 1. The van der Waals surface area contributed by atoms with Gasteiger partial charge >= 0.3 is 5.97 Å². The van der Waals surface area contributed by atoms with Crippen molar-refractivity contribution < 1.29 is 43.2 Å². The number of likely N-dealkylation sites (tertiary alicyclic amines) is 1. The highest BCUT2D eigenvalue weighted by Crippen LogP contribution is 2.60. The molecule has 4 saturated heterocycles. The van der Waals surface area contributed by atoms with Gasteiger partial charge in [0.25, 0.3) is 0 Å². The second-order valence-corrected chi connectivity index (χ2v) is 14.7. The largest absolute Gasteiger partial charge is 0.455 e. The van der Waals surface area contributed by atoms with E-state index in [2.05, 4.69) is 23.4 Å². The molecule has 296 valence electrons. The van der Waals surface area contributed by atoms with Gasteiger partial charge in [-0.2, -0.15) is 0 Å². The monoisotopic (exact) mass is 758 g/mol. The second-order valence-electron chi connectivity index (χ2n) is 14.7. The number of hydrogen-bond donors (Lipinski definition) is 2. The van der Waals surface area contributed by atoms with Crippen LogP contribution < -0.4 is 5.32 Å². The molecule has 0 radical (unpaired) electrons. The number of amides is 3. The molecule has 0 aliphatic carbocycles. The van der Waals surface area contributed by atoms with Crippen LogP contribution in [0.1, 0.15) is 49.0 Å². The van der Waals surface area contributed by atoms with Crippen LogP contribution in [0.3, 0.4) is 0 Å². The summed E-state index contributed by atoms with van der Waals surface area (Å²) in [5, 5.41) is 13.9. The standard InChI is InChI=1S/C42H54N4O9/c1-4-6-17-34(48)43-31(28-52-3)37(30-15-11-8-12-16-30)54-41(51)35-33-18-19-42(55-33)36(35)39(49)46(32(27-47)29-13-9-7-10-14-29)38(42)40(50)45(20-5-2)22-21-44-23-25-53-26-24-44/h4-5,7-16,31-33,35-38,47H,1-2,6,17-28H2,3H3,(H,43,48)/t31-,32-,33-,35+,36+,37-,38-,42+/m1/s1. The van der Waals surface area contributed by atoms with E-state index in [-0.39, 0.29) is 31.4 Å². The van der Waals surface area contributed by atoms with E-state index in [0.717, 1.165) is 13.1 Å². The minimum absolute atomic E-state index is 0.0484. The lowest BCUT2D eigenvalue weighted by atomic mass is 9.70. The Morgan fingerprint density at radius 2 is 1.75 bits per heavy atom. The number of morpholine rings is 1. The molecule has 8 atom stereocenters. The Hall–Kier alpha value is -4.40. The smallest absolute Gasteiger partial charge is 0.313 e. The van der Waals surface area contributed by atoms with E-state index >= 15 is 9.59 Å². The lowest BCUT2D eigenvalue weighted by Gasteiger charge is -2.40. The molecule has 0 unspecified atom stereocenters. The average Bonchev–Trinajstić information content (AvgIpc) is 3.86. The Morgan fingerprint density at radius 1 is 1.05 bits per heavy atom. The zero-order valence-electron chi connectivity index (χ0n) is 31.6. The molecule has 4 aliphatic rings. The molecule has 4 heterocycles. The number of nitrogens with zero attached hydrogens (tertiary/aromatic N) is 3. The molecule has 4 fully saturated rings. The summed E-state index contributed by atoms with van der Waals surface area (Å²) in [5.74, 6) is -3.77. The van der Waals surface area contributed by atoms with Gasteiger partial charge < -0.3 is 39.2 Å². The van der Waals surface area contributed by atoms with Crippen LogP contribution in [0.25, 0.3) is 0 Å². The van der Waals surface area contributed by atoms with Crippen LogP contribution in [0, 0.1) is 11.8 Å². The molecular formula is C42H54N4O9. The summed E-state index contributed by atoms with van der Waals surface area (Å²) in [4.78, 5) is 63.1. The number of esters is 1. The maximum Gasteiger partial charge on any atom is 0.313 e. The van der Waals surface area contributed by atoms with Gasteiger partial charge in [0, 0.05) is 46.3 Å². The van der Waals surface area contributed by atoms with Crippen LogP contribution >= 0.6 is 0 Å². The maximum absolute atomic E-state index is 15.0. The highest BCUT2D eigenvalue weighted by Gasteiger charge is 2.76. The van der Waals surface area contributed by atoms with Gasteiger partial charge in [0.15, 0.2) is 0 Å². The third-order valence-corrected chi connectivity index (χ3v) is 11.4. The fourth-order valence-corrected chi connectivity index (χ4v) is 8.84. The number of fused-ring (bicyclic) bond motifs is 1. The van der Waals surface area contributed by atoms with E-state index in [4.69, 9.17) is 18.9 Å². The minimum atomic E-state index is -1.34. The van der Waals surface area contributed by atoms with Crippen molar-refractivity contribution in [3.63, 3.8) is 0 Å². The van der Waals surface area contributed by atoms with Gasteiger partial charge in [0.2, 0.25) is 17.7 Å². The Kier molecular flexibility index (Phi) is 13.5. The molecule has 6 rings (SSSR count). The molecule has 55 heavy (non-hydrogen) atoms. The molecule has 2 aromatic carbocycles. The van der Waals surface area contributed by atoms with Gasteiger partial charge in [-0.3, -0.25) is 24.1 Å². The molecule has 13 heteroatoms. The van der Waals surface area contributed by atoms with Crippen molar-refractivity contribution >= 4 is 23.7 Å². The van der Waals surface area contributed by atoms with Gasteiger partial charge in [-0.05, 0) is 30.4 Å². The quantitative estimate of drug-likeness (QED) is 0.162. The normalized spacial score (nSPS) is 26.1. The Labute approximate surface area is 323 Å². The highest BCUT2D eigenvalue weighted by molar-refractivity contribution is 5.98. The molecule has 0 aromatic heterocycles. The van der Waals surface area contributed by atoms with Crippen LogP contribution in [0.15, 0.2) is 86.0 Å². The first-order chi connectivity index (χ1) is 26.8. The molecule has 2 N–H and O–H groups in total. The molecule has 0 saturated carbocycles. The van der Waals surface area contributed by atoms with Gasteiger partial charge in [-0.1, -0.05) is 72.8 Å². The minimum Gasteiger partial charge on any atom is -0.455 e. The Morgan fingerprint density at radius 3 is 2.38 bits per heavy atom. The van der Waals surface area contributed by atoms with Gasteiger partial charge in [-0.25, -0.2) is 0 Å². The number of rotatable bonds is 19. The average molecular weight is 759 g/mol. The number of nitrogens with one attached hydrogen (secondary N) is 1. The third kappa shape index (κ3) is 8.41. The predicted octanol–water partition coefficient (Wildman–Crippen LogP) is 2.82. The first-order valence-corrected chi connectivity index (χ1v) is 19.3. The number of carbonyl (C=O) groups is 4. The van der Waals surface area contributed by atoms with Gasteiger partial charge in [0.05, 0.1) is 56.5 Å². The van der Waals surface area contributed by atoms with E-state index in [1.807, 2.05) is 60.7 Å². The summed E-state index contributed by atoms with van der Waals surface area (Å²) >= 11 is 0. The summed E-state index contributed by atoms with van der Waals surface area (Å²) < 4.78 is 24.1. The molecule has 2 aromatic rings. The van der Waals surface area contributed by atoms with Crippen molar-refractivity contribution in [3.8, 4) is 0 Å². The van der Waals surface area contributed by atoms with E-state index < -0.39 is 66.3 Å². The van der Waals surface area contributed by atoms with Crippen LogP contribution in [0.4, 0.5) is 0 Å². The van der Waals surface area contributed by atoms with Gasteiger partial charge in [0.1, 0.15) is 17.7 Å². The molecule has 13 nitrogen and oxygen atoms in total. The molecule has 3 amide bonds. The lowest BCUT2D eigenvalue weighted by molar-refractivity contribution is -0.163. The highest BCUT2D eigenvalue weighted by atomic mass is 16.6. The fourth-order valence-electron chi connectivity index (χ4n) is 8.84. The summed E-state index contributed by atoms with van der Waals surface area (Å²) in [6.45, 7) is 11.2. The molecular weight excluding hydrogens is 704 g/mol. The first kappa shape index (κ1) is 40.3. The van der Waals surface area contributed by atoms with Crippen molar-refractivity contribution in [1.82, 2.24) is 20.0 Å². The zero-order chi connectivity index (χ0) is 39.0. The summed E-state index contributed by atoms with van der Waals surface area (Å²) in [6.07, 6.45) is 3.16. The number of hydrogen-bond acceptors (Lipinski definition) is 10. The Balaban J connectivity index is 1.35. The van der Waals surface area contributed by atoms with Crippen LogP contribution in [-0.4, -0.2) is 134 Å². The topological polar surface area (TPSA) is 147 Å². The molecule has 1 spiro atoms.